The standard InChI is InChI=1S/C15H22Cl2O2/c1-5-19-14(15(2,3)4)13(18)9-10-11(16)7-6-8-12(10)17/h6-8,13-14,18H,5,9H2,1-4H3. The third-order valence-corrected chi connectivity index (χ3v) is 3.73. The quantitative estimate of drug-likeness (QED) is 0.876. The minimum Gasteiger partial charge on any atom is -0.390 e. The topological polar surface area (TPSA) is 29.5 Å². The van der Waals surface area contributed by atoms with Gasteiger partial charge in [-0.05, 0) is 30.0 Å². The molecule has 1 aromatic carbocycles. The SMILES string of the molecule is CCOC(C(O)Cc1c(Cl)cccc1Cl)C(C)(C)C. The predicted octanol–water partition coefficient (Wildman–Crippen LogP) is 4.35. The molecule has 0 aliphatic rings. The number of hydrogen-bond donors (Lipinski definition) is 1. The van der Waals surface area contributed by atoms with Crippen LogP contribution < -0.4 is 0 Å². The fourth-order valence-corrected chi connectivity index (χ4v) is 2.71. The molecule has 19 heavy (non-hydrogen) atoms. The zero-order valence-electron chi connectivity index (χ0n) is 11.9. The molecule has 2 unspecified atom stereocenters. The van der Waals surface area contributed by atoms with Crippen molar-refractivity contribution >= 4 is 23.2 Å². The van der Waals surface area contributed by atoms with Crippen molar-refractivity contribution < 1.29 is 9.84 Å². The second kappa shape index (κ2) is 6.94. The highest BCUT2D eigenvalue weighted by Gasteiger charge is 2.32. The van der Waals surface area contributed by atoms with Crippen molar-refractivity contribution in [1.29, 1.82) is 0 Å². The molecule has 0 saturated heterocycles. The Balaban J connectivity index is 2.90. The molecule has 0 amide bonds. The summed E-state index contributed by atoms with van der Waals surface area (Å²) < 4.78 is 5.68. The van der Waals surface area contributed by atoms with Gasteiger partial charge in [-0.25, -0.2) is 0 Å². The highest BCUT2D eigenvalue weighted by atomic mass is 35.5. The van der Waals surface area contributed by atoms with Gasteiger partial charge in [-0.2, -0.15) is 0 Å². The molecule has 4 heteroatoms. The van der Waals surface area contributed by atoms with Crippen molar-refractivity contribution in [2.24, 2.45) is 5.41 Å². The lowest BCUT2D eigenvalue weighted by Gasteiger charge is -2.34. The van der Waals surface area contributed by atoms with E-state index in [1.807, 2.05) is 27.7 Å². The molecule has 0 fully saturated rings. The van der Waals surface area contributed by atoms with Crippen LogP contribution in [0.15, 0.2) is 18.2 Å². The van der Waals surface area contributed by atoms with Gasteiger partial charge < -0.3 is 9.84 Å². The predicted molar refractivity (Wildman–Crippen MR) is 81.0 cm³/mol. The Labute approximate surface area is 125 Å². The molecule has 0 aliphatic heterocycles. The van der Waals surface area contributed by atoms with Gasteiger partial charge in [0, 0.05) is 23.1 Å². The average molecular weight is 305 g/mol. The zero-order valence-corrected chi connectivity index (χ0v) is 13.4. The number of ether oxygens (including phenoxy) is 1. The Hall–Kier alpha value is -0.280. The van der Waals surface area contributed by atoms with Gasteiger partial charge in [0.1, 0.15) is 0 Å². The minimum absolute atomic E-state index is 0.150. The molecule has 0 bridgehead atoms. The van der Waals surface area contributed by atoms with Crippen LogP contribution in [0.2, 0.25) is 10.0 Å². The maximum absolute atomic E-state index is 10.4. The van der Waals surface area contributed by atoms with Gasteiger partial charge in [-0.1, -0.05) is 50.0 Å². The van der Waals surface area contributed by atoms with E-state index in [2.05, 4.69) is 0 Å². The number of halogens is 2. The van der Waals surface area contributed by atoms with Gasteiger partial charge in [0.25, 0.3) is 0 Å². The molecular weight excluding hydrogens is 283 g/mol. The summed E-state index contributed by atoms with van der Waals surface area (Å²) in [7, 11) is 0. The summed E-state index contributed by atoms with van der Waals surface area (Å²) >= 11 is 12.3. The smallest absolute Gasteiger partial charge is 0.0885 e. The number of hydrogen-bond acceptors (Lipinski definition) is 2. The third-order valence-electron chi connectivity index (χ3n) is 3.02. The normalized spacial score (nSPS) is 15.3. The molecule has 1 aromatic rings. The van der Waals surface area contributed by atoms with Crippen molar-refractivity contribution in [3.05, 3.63) is 33.8 Å². The Morgan fingerprint density at radius 2 is 1.74 bits per heavy atom. The summed E-state index contributed by atoms with van der Waals surface area (Å²) in [5, 5.41) is 11.6. The van der Waals surface area contributed by atoms with E-state index in [1.54, 1.807) is 18.2 Å². The van der Waals surface area contributed by atoms with Gasteiger partial charge in [-0.15, -0.1) is 0 Å². The zero-order chi connectivity index (χ0) is 14.6. The largest absolute Gasteiger partial charge is 0.390 e. The van der Waals surface area contributed by atoms with E-state index in [1.165, 1.54) is 0 Å². The lowest BCUT2D eigenvalue weighted by molar-refractivity contribution is -0.0873. The average Bonchev–Trinajstić information content (AvgIpc) is 2.29. The first-order valence-corrected chi connectivity index (χ1v) is 7.25. The van der Waals surface area contributed by atoms with Crippen LogP contribution >= 0.6 is 23.2 Å². The van der Waals surface area contributed by atoms with Crippen molar-refractivity contribution in [3.8, 4) is 0 Å². The molecule has 0 spiro atoms. The van der Waals surface area contributed by atoms with Crippen LogP contribution in [0.4, 0.5) is 0 Å². The van der Waals surface area contributed by atoms with E-state index >= 15 is 0 Å². The summed E-state index contributed by atoms with van der Waals surface area (Å²) in [6.07, 6.45) is -0.511. The molecule has 1 N–H and O–H groups in total. The van der Waals surface area contributed by atoms with Crippen LogP contribution in [0.3, 0.4) is 0 Å². The molecule has 0 radical (unpaired) electrons. The summed E-state index contributed by atoms with van der Waals surface area (Å²) in [5.41, 5.74) is 0.621. The second-order valence-corrected chi connectivity index (χ2v) is 6.53. The fraction of sp³-hybridized carbons (Fsp3) is 0.600. The van der Waals surface area contributed by atoms with Crippen molar-refractivity contribution in [1.82, 2.24) is 0 Å². The lowest BCUT2D eigenvalue weighted by Crippen LogP contribution is -2.41. The summed E-state index contributed by atoms with van der Waals surface area (Å²) in [6, 6.07) is 5.36. The third kappa shape index (κ3) is 4.64. The Morgan fingerprint density at radius 3 is 2.16 bits per heavy atom. The first-order valence-electron chi connectivity index (χ1n) is 6.50. The lowest BCUT2D eigenvalue weighted by atomic mass is 9.83. The number of benzene rings is 1. The van der Waals surface area contributed by atoms with Crippen LogP contribution in [0.1, 0.15) is 33.3 Å². The summed E-state index contributed by atoms with van der Waals surface area (Å²) in [4.78, 5) is 0. The van der Waals surface area contributed by atoms with E-state index in [0.717, 1.165) is 5.56 Å². The van der Waals surface area contributed by atoms with E-state index < -0.39 is 6.10 Å². The van der Waals surface area contributed by atoms with E-state index in [-0.39, 0.29) is 11.5 Å². The molecule has 1 rings (SSSR count). The number of aliphatic hydroxyl groups is 1. The van der Waals surface area contributed by atoms with E-state index in [0.29, 0.717) is 23.1 Å². The maximum Gasteiger partial charge on any atom is 0.0885 e. The molecule has 0 saturated carbocycles. The fourth-order valence-electron chi connectivity index (χ4n) is 2.16. The van der Waals surface area contributed by atoms with Crippen molar-refractivity contribution in [2.75, 3.05) is 6.61 Å². The van der Waals surface area contributed by atoms with Crippen molar-refractivity contribution in [2.45, 2.75) is 46.3 Å². The van der Waals surface area contributed by atoms with Crippen LogP contribution in [-0.4, -0.2) is 23.9 Å². The van der Waals surface area contributed by atoms with E-state index in [9.17, 15) is 5.11 Å². The molecule has 2 atom stereocenters. The molecule has 2 nitrogen and oxygen atoms in total. The highest BCUT2D eigenvalue weighted by Crippen LogP contribution is 2.30. The van der Waals surface area contributed by atoms with Gasteiger partial charge in [-0.3, -0.25) is 0 Å². The molecule has 0 heterocycles. The Kier molecular flexibility index (Phi) is 6.13. The van der Waals surface area contributed by atoms with Crippen molar-refractivity contribution in [3.63, 3.8) is 0 Å². The molecular formula is C15H22Cl2O2. The van der Waals surface area contributed by atoms with Crippen LogP contribution in [-0.2, 0) is 11.2 Å². The Morgan fingerprint density at radius 1 is 1.21 bits per heavy atom. The maximum atomic E-state index is 10.4. The first kappa shape index (κ1) is 16.8. The molecule has 0 aliphatic carbocycles. The summed E-state index contributed by atoms with van der Waals surface area (Å²) in [6.45, 7) is 8.63. The van der Waals surface area contributed by atoms with Gasteiger partial charge in [0.05, 0.1) is 12.2 Å². The van der Waals surface area contributed by atoms with E-state index in [4.69, 9.17) is 27.9 Å². The van der Waals surface area contributed by atoms with Gasteiger partial charge in [0.2, 0.25) is 0 Å². The van der Waals surface area contributed by atoms with Gasteiger partial charge in [0.15, 0.2) is 0 Å². The summed E-state index contributed by atoms with van der Waals surface area (Å²) in [5.74, 6) is 0. The number of rotatable bonds is 5. The Bertz CT molecular complexity index is 393. The van der Waals surface area contributed by atoms with Crippen LogP contribution in [0, 0.1) is 5.41 Å². The monoisotopic (exact) mass is 304 g/mol. The van der Waals surface area contributed by atoms with Crippen LogP contribution in [0.25, 0.3) is 0 Å². The van der Waals surface area contributed by atoms with Crippen LogP contribution in [0.5, 0.6) is 0 Å². The first-order chi connectivity index (χ1) is 8.77. The second-order valence-electron chi connectivity index (χ2n) is 5.71. The number of aliphatic hydroxyl groups excluding tert-OH is 1. The molecule has 0 aromatic heterocycles. The van der Waals surface area contributed by atoms with Gasteiger partial charge >= 0.3 is 0 Å². The minimum atomic E-state index is -0.641. The molecule has 108 valence electrons. The highest BCUT2D eigenvalue weighted by molar-refractivity contribution is 6.35.